The molecule has 2 aliphatic rings. The molecule has 0 saturated carbocycles. The summed E-state index contributed by atoms with van der Waals surface area (Å²) in [5, 5.41) is 20.7. The molecule has 0 spiro atoms. The van der Waals surface area contributed by atoms with Crippen LogP contribution in [0.4, 0.5) is 11.6 Å². The van der Waals surface area contributed by atoms with Crippen LogP contribution >= 0.6 is 0 Å². The van der Waals surface area contributed by atoms with Gasteiger partial charge in [0, 0.05) is 54.9 Å². The van der Waals surface area contributed by atoms with Crippen molar-refractivity contribution < 1.29 is 4.79 Å². The number of anilines is 2. The van der Waals surface area contributed by atoms with Gasteiger partial charge in [-0.1, -0.05) is 12.1 Å². The number of hydrogen-bond donors (Lipinski definition) is 2. The third-order valence-electron chi connectivity index (χ3n) is 7.07. The average Bonchev–Trinajstić information content (AvgIpc) is 3.26. The summed E-state index contributed by atoms with van der Waals surface area (Å²) in [6, 6.07) is 8.78. The molecule has 2 atom stereocenters. The summed E-state index contributed by atoms with van der Waals surface area (Å²) in [5.74, 6) is 0.433. The van der Waals surface area contributed by atoms with Crippen molar-refractivity contribution in [3.63, 3.8) is 0 Å². The topological polar surface area (TPSA) is 109 Å². The Kier molecular flexibility index (Phi) is 7.84. The third kappa shape index (κ3) is 5.95. The number of rotatable bonds is 6. The van der Waals surface area contributed by atoms with Crippen LogP contribution in [0.15, 0.2) is 47.7 Å². The number of benzene rings is 1. The van der Waals surface area contributed by atoms with E-state index < -0.39 is 0 Å². The molecule has 3 heterocycles. The first kappa shape index (κ1) is 26.2. The van der Waals surface area contributed by atoms with E-state index in [0.717, 1.165) is 42.9 Å². The van der Waals surface area contributed by atoms with Crippen LogP contribution in [0.5, 0.6) is 0 Å². The molecule has 1 aromatic heterocycles. The molecule has 192 valence electrons. The van der Waals surface area contributed by atoms with Gasteiger partial charge in [0.1, 0.15) is 0 Å². The highest BCUT2D eigenvalue weighted by Gasteiger charge is 2.36. The Hall–Kier alpha value is -3.83. The van der Waals surface area contributed by atoms with Gasteiger partial charge in [0.2, 0.25) is 5.95 Å². The lowest BCUT2D eigenvalue weighted by atomic mass is 9.94. The van der Waals surface area contributed by atoms with Gasteiger partial charge >= 0.3 is 0 Å². The lowest BCUT2D eigenvalue weighted by Crippen LogP contribution is -2.50. The normalized spacial score (nSPS) is 20.4. The number of nitriles is 1. The van der Waals surface area contributed by atoms with E-state index in [1.54, 1.807) is 19.9 Å². The number of aromatic nitrogens is 2. The maximum absolute atomic E-state index is 13.4. The van der Waals surface area contributed by atoms with Crippen molar-refractivity contribution in [1.82, 2.24) is 19.8 Å². The van der Waals surface area contributed by atoms with Gasteiger partial charge in [0.25, 0.3) is 5.91 Å². The highest BCUT2D eigenvalue weighted by atomic mass is 16.2. The molecule has 1 saturated heterocycles. The molecule has 0 unspecified atom stereocenters. The van der Waals surface area contributed by atoms with Crippen molar-refractivity contribution in [2.75, 3.05) is 11.9 Å². The Balaban J connectivity index is 1.42. The second-order valence-corrected chi connectivity index (χ2v) is 10.2. The predicted molar refractivity (Wildman–Crippen MR) is 146 cm³/mol. The van der Waals surface area contributed by atoms with Crippen LogP contribution in [-0.2, 0) is 17.9 Å². The van der Waals surface area contributed by atoms with E-state index in [0.29, 0.717) is 29.7 Å². The first-order valence-corrected chi connectivity index (χ1v) is 12.8. The van der Waals surface area contributed by atoms with Gasteiger partial charge in [-0.25, -0.2) is 9.97 Å². The number of hydrogen-bond acceptors (Lipinski definition) is 7. The minimum absolute atomic E-state index is 0.0223. The quantitative estimate of drug-likeness (QED) is 0.252. The molecule has 4 rings (SSSR count). The summed E-state index contributed by atoms with van der Waals surface area (Å²) in [6.45, 7) is 11.8. The summed E-state index contributed by atoms with van der Waals surface area (Å²) in [5.41, 5.74) is 6.44. The summed E-state index contributed by atoms with van der Waals surface area (Å²) in [7, 11) is 0. The van der Waals surface area contributed by atoms with Crippen molar-refractivity contribution in [2.24, 2.45) is 0 Å². The van der Waals surface area contributed by atoms with E-state index in [9.17, 15) is 10.1 Å². The van der Waals surface area contributed by atoms with E-state index in [1.807, 2.05) is 11.1 Å². The van der Waals surface area contributed by atoms with Crippen molar-refractivity contribution >= 4 is 23.3 Å². The molecule has 37 heavy (non-hydrogen) atoms. The van der Waals surface area contributed by atoms with Gasteiger partial charge < -0.3 is 15.6 Å². The highest BCUT2D eigenvalue weighted by Crippen LogP contribution is 2.31. The Morgan fingerprint density at radius 2 is 1.97 bits per heavy atom. The predicted octanol–water partition coefficient (Wildman–Crippen LogP) is 4.97. The lowest BCUT2D eigenvalue weighted by Gasteiger charge is -2.41. The molecule has 2 N–H and O–H groups in total. The van der Waals surface area contributed by atoms with Gasteiger partial charge in [-0.15, -0.1) is 0 Å². The van der Waals surface area contributed by atoms with Gasteiger partial charge in [-0.2, -0.15) is 5.26 Å². The Morgan fingerprint density at radius 3 is 2.59 bits per heavy atom. The van der Waals surface area contributed by atoms with Crippen LogP contribution in [0, 0.1) is 30.6 Å². The zero-order valence-electron chi connectivity index (χ0n) is 22.3. The second-order valence-electron chi connectivity index (χ2n) is 10.2. The summed E-state index contributed by atoms with van der Waals surface area (Å²) in [4.78, 5) is 27.0. The van der Waals surface area contributed by atoms with E-state index in [2.05, 4.69) is 60.2 Å². The molecule has 2 aliphatic heterocycles. The lowest BCUT2D eigenvalue weighted by molar-refractivity contribution is -0.131. The number of fused-ring (bicyclic) bond motifs is 1. The number of nitrogens with zero attached hydrogens (tertiary/aromatic N) is 5. The molecule has 2 aromatic rings. The van der Waals surface area contributed by atoms with Crippen LogP contribution in [0.3, 0.4) is 0 Å². The summed E-state index contributed by atoms with van der Waals surface area (Å²) in [6.07, 6.45) is 6.75. The van der Waals surface area contributed by atoms with Crippen molar-refractivity contribution in [1.29, 1.82) is 10.7 Å². The summed E-state index contributed by atoms with van der Waals surface area (Å²) >= 11 is 0. The fourth-order valence-electron chi connectivity index (χ4n) is 5.36. The minimum atomic E-state index is -0.176. The second kappa shape index (κ2) is 11.1. The summed E-state index contributed by atoms with van der Waals surface area (Å²) < 4.78 is 0. The molecule has 1 amide bonds. The van der Waals surface area contributed by atoms with Crippen LogP contribution < -0.4 is 5.32 Å². The Labute approximate surface area is 219 Å². The van der Waals surface area contributed by atoms with Crippen LogP contribution in [-0.4, -0.2) is 50.0 Å². The number of aryl methyl sites for hydroxylation is 2. The number of carbonyl (C=O) groups is 1. The first-order chi connectivity index (χ1) is 17.7. The zero-order chi connectivity index (χ0) is 26.7. The molecule has 0 aliphatic carbocycles. The number of piperidine rings is 1. The minimum Gasteiger partial charge on any atom is -0.336 e. The van der Waals surface area contributed by atoms with Crippen molar-refractivity contribution in [2.45, 2.75) is 72.6 Å². The Bertz CT molecular complexity index is 1300. The molecule has 8 heteroatoms. The van der Waals surface area contributed by atoms with Gasteiger partial charge in [-0.05, 0) is 76.8 Å². The molecular formula is C29H35N7O. The first-order valence-electron chi connectivity index (χ1n) is 12.8. The van der Waals surface area contributed by atoms with Crippen molar-refractivity contribution in [3.8, 4) is 6.07 Å². The van der Waals surface area contributed by atoms with Crippen LogP contribution in [0.25, 0.3) is 0 Å². The number of carbonyl (C=O) groups excluding carboxylic acids is 1. The maximum Gasteiger partial charge on any atom is 0.255 e. The molecule has 0 bridgehead atoms. The van der Waals surface area contributed by atoms with E-state index >= 15 is 0 Å². The highest BCUT2D eigenvalue weighted by molar-refractivity contribution is 6.06. The smallest absolute Gasteiger partial charge is 0.255 e. The van der Waals surface area contributed by atoms with E-state index in [1.165, 1.54) is 17.2 Å². The number of nitrogens with one attached hydrogen (secondary N) is 2. The molecule has 1 fully saturated rings. The fourth-order valence-corrected chi connectivity index (χ4v) is 5.36. The number of amides is 1. The molecule has 8 nitrogen and oxygen atoms in total. The molecule has 1 aromatic carbocycles. The molecular weight excluding hydrogens is 462 g/mol. The van der Waals surface area contributed by atoms with Gasteiger partial charge in [-0.3, -0.25) is 9.69 Å². The SMILES string of the molecule is C/C=C(C#N)\C(=C/C(C)=N)C(=O)N1CC[C@@H](N2Cc3cnc(Nc4cc(C)cc(C)c4)nc3C2)C[C@H]1C. The van der Waals surface area contributed by atoms with Crippen LogP contribution in [0.2, 0.25) is 0 Å². The number of allylic oxidation sites excluding steroid dienone is 2. The van der Waals surface area contributed by atoms with Gasteiger partial charge in [0.15, 0.2) is 0 Å². The Morgan fingerprint density at radius 1 is 1.24 bits per heavy atom. The monoisotopic (exact) mass is 497 g/mol. The number of likely N-dealkylation sites (tertiary alicyclic amines) is 1. The fraction of sp³-hybridized carbons (Fsp3) is 0.414. The standard InChI is InChI=1S/C29H35N7O/c1-6-22(14-30)26(12-20(4)31)28(37)36-8-7-25(13-21(36)5)35-16-23-15-32-29(34-27(23)17-35)33-24-10-18(2)9-19(3)11-24/h6,9-12,15,21,25,31H,7-8,13,16-17H2,1-5H3,(H,32,33,34)/b22-6-,26-12+,31-20?/t21-,25-/m1/s1. The van der Waals surface area contributed by atoms with E-state index in [-0.39, 0.29) is 17.7 Å². The van der Waals surface area contributed by atoms with E-state index in [4.69, 9.17) is 10.4 Å². The zero-order valence-corrected chi connectivity index (χ0v) is 22.3. The maximum atomic E-state index is 13.4. The van der Waals surface area contributed by atoms with Gasteiger partial charge in [0.05, 0.1) is 22.9 Å². The molecule has 0 radical (unpaired) electrons. The third-order valence-corrected chi connectivity index (χ3v) is 7.07. The largest absolute Gasteiger partial charge is 0.336 e. The van der Waals surface area contributed by atoms with Crippen LogP contribution in [0.1, 0.15) is 56.0 Å². The average molecular weight is 498 g/mol. The van der Waals surface area contributed by atoms with Crippen molar-refractivity contribution in [3.05, 3.63) is 70.1 Å².